The molecule has 0 aromatic carbocycles. The fraction of sp³-hybridized carbons (Fsp3) is 0.455. The fourth-order valence-electron chi connectivity index (χ4n) is 1.34. The van der Waals surface area contributed by atoms with E-state index < -0.39 is 16.0 Å². The van der Waals surface area contributed by atoms with Crippen LogP contribution in [0.15, 0.2) is 23.4 Å². The van der Waals surface area contributed by atoms with Crippen molar-refractivity contribution in [1.82, 2.24) is 9.71 Å². The van der Waals surface area contributed by atoms with Gasteiger partial charge in [0.25, 0.3) is 10.0 Å². The van der Waals surface area contributed by atoms with Crippen LogP contribution in [0.4, 0.5) is 0 Å². The van der Waals surface area contributed by atoms with Crippen LogP contribution in [0.5, 0.6) is 0 Å². The fourth-order valence-corrected chi connectivity index (χ4v) is 2.55. The molecule has 0 saturated heterocycles. The van der Waals surface area contributed by atoms with Crippen LogP contribution in [0.25, 0.3) is 0 Å². The molecule has 1 heterocycles. The molecular weight excluding hydrogens is 272 g/mol. The third kappa shape index (κ3) is 4.58. The van der Waals surface area contributed by atoms with Crippen LogP contribution in [0.1, 0.15) is 23.7 Å². The Morgan fingerprint density at radius 1 is 1.53 bits per heavy atom. The summed E-state index contributed by atoms with van der Waals surface area (Å²) < 4.78 is 31.1. The van der Waals surface area contributed by atoms with Gasteiger partial charge in [0.15, 0.2) is 5.03 Å². The molecule has 0 bridgehead atoms. The van der Waals surface area contributed by atoms with Gasteiger partial charge in [-0.25, -0.2) is 22.9 Å². The van der Waals surface area contributed by atoms with E-state index in [1.54, 1.807) is 6.92 Å². The average Bonchev–Trinajstić information content (AvgIpc) is 2.36. The molecule has 0 radical (unpaired) electrons. The number of hydrogen-bond acceptors (Lipinski definition) is 5. The Morgan fingerprint density at radius 3 is 2.68 bits per heavy atom. The number of sulfonamides is 1. The lowest BCUT2D eigenvalue weighted by atomic mass is 10.3. The monoisotopic (exact) mass is 288 g/mol. The third-order valence-corrected chi connectivity index (χ3v) is 3.87. The summed E-state index contributed by atoms with van der Waals surface area (Å²) in [6.07, 6.45) is 1.54. The molecule has 0 aliphatic heterocycles. The summed E-state index contributed by atoms with van der Waals surface area (Å²) >= 11 is 0. The van der Waals surface area contributed by atoms with Crippen molar-refractivity contribution >= 4 is 16.0 Å². The van der Waals surface area contributed by atoms with Crippen LogP contribution in [0, 0.1) is 0 Å². The van der Waals surface area contributed by atoms with E-state index >= 15 is 0 Å². The molecule has 0 amide bonds. The average molecular weight is 288 g/mol. The normalized spacial score (nSPS) is 13.2. The topological polar surface area (TPSA) is 106 Å². The van der Waals surface area contributed by atoms with E-state index in [1.807, 2.05) is 0 Å². The first-order valence-corrected chi connectivity index (χ1v) is 7.05. The molecule has 1 aromatic rings. The predicted octanol–water partition coefficient (Wildman–Crippen LogP) is 0.483. The van der Waals surface area contributed by atoms with Crippen molar-refractivity contribution in [3.05, 3.63) is 23.9 Å². The summed E-state index contributed by atoms with van der Waals surface area (Å²) in [6.45, 7) is 2.15. The molecule has 0 spiro atoms. The number of hydrogen-bond donors (Lipinski definition) is 2. The van der Waals surface area contributed by atoms with E-state index in [9.17, 15) is 13.2 Å². The van der Waals surface area contributed by atoms with E-state index in [1.165, 1.54) is 13.2 Å². The summed E-state index contributed by atoms with van der Waals surface area (Å²) in [6, 6.07) is 2.06. The van der Waals surface area contributed by atoms with Gasteiger partial charge in [0.1, 0.15) is 0 Å². The van der Waals surface area contributed by atoms with Gasteiger partial charge in [-0.1, -0.05) is 0 Å². The highest BCUT2D eigenvalue weighted by Gasteiger charge is 2.19. The van der Waals surface area contributed by atoms with Gasteiger partial charge in [0.05, 0.1) is 5.56 Å². The molecule has 2 N–H and O–H groups in total. The number of pyridine rings is 1. The van der Waals surface area contributed by atoms with Crippen molar-refractivity contribution in [2.75, 3.05) is 13.7 Å². The molecule has 0 saturated carbocycles. The van der Waals surface area contributed by atoms with Crippen molar-refractivity contribution in [3.63, 3.8) is 0 Å². The number of aromatic nitrogens is 1. The Balaban J connectivity index is 2.79. The molecule has 19 heavy (non-hydrogen) atoms. The third-order valence-electron chi connectivity index (χ3n) is 2.37. The maximum Gasteiger partial charge on any atom is 0.337 e. The van der Waals surface area contributed by atoms with Gasteiger partial charge in [0, 0.05) is 26.0 Å². The Labute approximate surface area is 111 Å². The van der Waals surface area contributed by atoms with E-state index in [4.69, 9.17) is 9.84 Å². The van der Waals surface area contributed by atoms with Gasteiger partial charge >= 0.3 is 5.97 Å². The Morgan fingerprint density at radius 2 is 2.21 bits per heavy atom. The molecule has 0 aliphatic carbocycles. The zero-order valence-electron chi connectivity index (χ0n) is 10.7. The predicted molar refractivity (Wildman–Crippen MR) is 67.5 cm³/mol. The number of nitrogens with one attached hydrogen (secondary N) is 1. The maximum atomic E-state index is 11.9. The van der Waals surface area contributed by atoms with Crippen LogP contribution in [0.3, 0.4) is 0 Å². The molecule has 0 aliphatic rings. The summed E-state index contributed by atoms with van der Waals surface area (Å²) in [5.41, 5.74) is -0.0635. The summed E-state index contributed by atoms with van der Waals surface area (Å²) in [5.74, 6) is -1.15. The van der Waals surface area contributed by atoms with E-state index in [-0.39, 0.29) is 16.6 Å². The second-order valence-electron chi connectivity index (χ2n) is 3.99. The number of aromatic carboxylic acids is 1. The molecule has 8 heteroatoms. The van der Waals surface area contributed by atoms with Gasteiger partial charge in [-0.15, -0.1) is 0 Å². The SMILES string of the molecule is COCCC(C)NS(=O)(=O)c1ccc(C(=O)O)cn1. The van der Waals surface area contributed by atoms with Crippen LogP contribution in [-0.2, 0) is 14.8 Å². The van der Waals surface area contributed by atoms with Crippen molar-refractivity contribution in [2.24, 2.45) is 0 Å². The minimum absolute atomic E-state index is 0.0635. The second kappa shape index (κ2) is 6.60. The molecule has 1 aromatic heterocycles. The highest BCUT2D eigenvalue weighted by molar-refractivity contribution is 7.89. The first-order chi connectivity index (χ1) is 8.86. The standard InChI is InChI=1S/C11H16N2O5S/c1-8(5-6-18-2)13-19(16,17)10-4-3-9(7-12-10)11(14)15/h3-4,7-8,13H,5-6H2,1-2H3,(H,14,15). The van der Waals surface area contributed by atoms with Gasteiger partial charge in [-0.2, -0.15) is 0 Å². The van der Waals surface area contributed by atoms with Crippen LogP contribution in [-0.4, -0.2) is 44.2 Å². The summed E-state index contributed by atoms with van der Waals surface area (Å²) in [5, 5.41) is 8.50. The number of methoxy groups -OCH3 is 1. The Kier molecular flexibility index (Phi) is 5.40. The quantitative estimate of drug-likeness (QED) is 0.756. The van der Waals surface area contributed by atoms with Gasteiger partial charge < -0.3 is 9.84 Å². The number of ether oxygens (including phenoxy) is 1. The number of rotatable bonds is 7. The number of carbonyl (C=O) groups is 1. The minimum atomic E-state index is -3.74. The lowest BCUT2D eigenvalue weighted by Gasteiger charge is -2.13. The van der Waals surface area contributed by atoms with Crippen molar-refractivity contribution in [2.45, 2.75) is 24.4 Å². The van der Waals surface area contributed by atoms with Crippen molar-refractivity contribution < 1.29 is 23.1 Å². The number of carboxylic acids is 1. The summed E-state index contributed by atoms with van der Waals surface area (Å²) in [4.78, 5) is 14.3. The molecule has 1 atom stereocenters. The van der Waals surface area contributed by atoms with Gasteiger partial charge in [-0.05, 0) is 25.5 Å². The zero-order valence-corrected chi connectivity index (χ0v) is 11.5. The van der Waals surface area contributed by atoms with Gasteiger partial charge in [-0.3, -0.25) is 0 Å². The van der Waals surface area contributed by atoms with E-state index in [2.05, 4.69) is 9.71 Å². The van der Waals surface area contributed by atoms with Gasteiger partial charge in [0.2, 0.25) is 0 Å². The maximum absolute atomic E-state index is 11.9. The Hall–Kier alpha value is -1.51. The highest BCUT2D eigenvalue weighted by atomic mass is 32.2. The Bertz CT molecular complexity index is 527. The van der Waals surface area contributed by atoms with Crippen LogP contribution < -0.4 is 4.72 Å². The summed E-state index contributed by atoms with van der Waals surface area (Å²) in [7, 11) is -2.21. The molecule has 1 unspecified atom stereocenters. The second-order valence-corrected chi connectivity index (χ2v) is 5.65. The van der Waals surface area contributed by atoms with E-state index in [0.29, 0.717) is 13.0 Å². The zero-order chi connectivity index (χ0) is 14.5. The number of nitrogens with zero attached hydrogens (tertiary/aromatic N) is 1. The lowest BCUT2D eigenvalue weighted by molar-refractivity contribution is 0.0696. The van der Waals surface area contributed by atoms with Crippen molar-refractivity contribution in [1.29, 1.82) is 0 Å². The first kappa shape index (κ1) is 15.5. The molecule has 0 fully saturated rings. The molecule has 1 rings (SSSR count). The largest absolute Gasteiger partial charge is 0.478 e. The molecule has 7 nitrogen and oxygen atoms in total. The number of carboxylic acid groups (broad SMARTS) is 1. The lowest BCUT2D eigenvalue weighted by Crippen LogP contribution is -2.33. The molecular formula is C11H16N2O5S. The molecule has 106 valence electrons. The smallest absolute Gasteiger partial charge is 0.337 e. The first-order valence-electron chi connectivity index (χ1n) is 5.57. The van der Waals surface area contributed by atoms with Crippen LogP contribution in [0.2, 0.25) is 0 Å². The van der Waals surface area contributed by atoms with Crippen LogP contribution >= 0.6 is 0 Å². The minimum Gasteiger partial charge on any atom is -0.478 e. The van der Waals surface area contributed by atoms with E-state index in [0.717, 1.165) is 12.3 Å². The highest BCUT2D eigenvalue weighted by Crippen LogP contribution is 2.08. The van der Waals surface area contributed by atoms with Crippen molar-refractivity contribution in [3.8, 4) is 0 Å².